The van der Waals surface area contributed by atoms with Crippen molar-refractivity contribution in [3.8, 4) is 0 Å². The summed E-state index contributed by atoms with van der Waals surface area (Å²) in [7, 11) is 0. The van der Waals surface area contributed by atoms with Gasteiger partial charge in [0.15, 0.2) is 5.79 Å². The van der Waals surface area contributed by atoms with Crippen molar-refractivity contribution in [3.63, 3.8) is 0 Å². The van der Waals surface area contributed by atoms with Crippen molar-refractivity contribution in [1.82, 2.24) is 0 Å². The highest BCUT2D eigenvalue weighted by Gasteiger charge is 2.36. The Kier molecular flexibility index (Phi) is 12.8. The molecule has 3 nitrogen and oxygen atoms in total. The summed E-state index contributed by atoms with van der Waals surface area (Å²) in [4.78, 5) is 0. The third-order valence-electron chi connectivity index (χ3n) is 5.46. The molecule has 0 aromatic carbocycles. The molecule has 0 N–H and O–H groups in total. The molecule has 1 heterocycles. The van der Waals surface area contributed by atoms with Gasteiger partial charge in [-0.3, -0.25) is 0 Å². The Morgan fingerprint density at radius 3 is 1.96 bits per heavy atom. The van der Waals surface area contributed by atoms with E-state index in [-0.39, 0.29) is 0 Å². The molecule has 1 atom stereocenters. The molecule has 0 spiro atoms. The number of hydrogen-bond acceptors (Lipinski definition) is 3. The van der Waals surface area contributed by atoms with Gasteiger partial charge < -0.3 is 14.2 Å². The zero-order valence-electron chi connectivity index (χ0n) is 17.5. The van der Waals surface area contributed by atoms with Crippen LogP contribution in [0.3, 0.4) is 0 Å². The lowest BCUT2D eigenvalue weighted by Crippen LogP contribution is -2.42. The number of hydrogen-bond donors (Lipinski definition) is 0. The van der Waals surface area contributed by atoms with Crippen LogP contribution in [0.4, 0.5) is 0 Å². The monoisotopic (exact) mass is 356 g/mol. The minimum atomic E-state index is -0.417. The highest BCUT2D eigenvalue weighted by molar-refractivity contribution is 4.79. The quantitative estimate of drug-likeness (QED) is 0.224. The average Bonchev–Trinajstić information content (AvgIpc) is 2.58. The van der Waals surface area contributed by atoms with Crippen molar-refractivity contribution in [2.45, 2.75) is 104 Å². The Morgan fingerprint density at radius 1 is 0.840 bits per heavy atom. The maximum Gasteiger partial charge on any atom is 0.168 e. The molecule has 0 saturated carbocycles. The van der Waals surface area contributed by atoms with E-state index in [9.17, 15) is 0 Å². The first-order valence-corrected chi connectivity index (χ1v) is 11.0. The predicted octanol–water partition coefficient (Wildman–Crippen LogP) is 6.35. The van der Waals surface area contributed by atoms with Gasteiger partial charge in [-0.2, -0.15) is 0 Å². The first-order chi connectivity index (χ1) is 12.2. The molecule has 25 heavy (non-hydrogen) atoms. The number of rotatable bonds is 17. The second-order valence-electron chi connectivity index (χ2n) is 7.95. The molecule has 0 radical (unpaired) electrons. The molecule has 150 valence electrons. The van der Waals surface area contributed by atoms with Crippen molar-refractivity contribution in [2.24, 2.45) is 11.8 Å². The fraction of sp³-hybridized carbons (Fsp3) is 1.00. The lowest BCUT2D eigenvalue weighted by atomic mass is 9.85. The first kappa shape index (κ1) is 22.9. The normalized spacial score (nSPS) is 16.8. The molecule has 1 rings (SSSR count). The van der Waals surface area contributed by atoms with Crippen LogP contribution >= 0.6 is 0 Å². The molecule has 1 aliphatic rings. The average molecular weight is 357 g/mol. The van der Waals surface area contributed by atoms with E-state index in [2.05, 4.69) is 27.7 Å². The molecule has 0 aromatic heterocycles. The predicted molar refractivity (Wildman–Crippen MR) is 106 cm³/mol. The number of unbranched alkanes of at least 4 members (excludes halogenated alkanes) is 5. The summed E-state index contributed by atoms with van der Waals surface area (Å²) >= 11 is 0. The summed E-state index contributed by atoms with van der Waals surface area (Å²) in [6.45, 7) is 12.3. The first-order valence-electron chi connectivity index (χ1n) is 11.0. The zero-order valence-corrected chi connectivity index (χ0v) is 17.5. The van der Waals surface area contributed by atoms with Gasteiger partial charge in [-0.25, -0.2) is 0 Å². The topological polar surface area (TPSA) is 27.7 Å². The minimum absolute atomic E-state index is 0.417. The molecule has 3 heteroatoms. The van der Waals surface area contributed by atoms with Gasteiger partial charge in [0.2, 0.25) is 0 Å². The van der Waals surface area contributed by atoms with Gasteiger partial charge in [-0.15, -0.1) is 0 Å². The number of ether oxygens (including phenoxy) is 3. The van der Waals surface area contributed by atoms with E-state index in [1.54, 1.807) is 0 Å². The SMILES string of the molecule is CCCCCCCCC(CCC1COC1)C(C)(OCCC)OCCC. The summed E-state index contributed by atoms with van der Waals surface area (Å²) in [5, 5.41) is 0. The molecule has 1 fully saturated rings. The molecule has 1 unspecified atom stereocenters. The summed E-state index contributed by atoms with van der Waals surface area (Å²) in [6, 6.07) is 0. The van der Waals surface area contributed by atoms with Gasteiger partial charge in [0.1, 0.15) is 0 Å². The van der Waals surface area contributed by atoms with E-state index in [0.29, 0.717) is 5.92 Å². The van der Waals surface area contributed by atoms with Crippen LogP contribution in [0.15, 0.2) is 0 Å². The molecule has 0 aliphatic carbocycles. The zero-order chi connectivity index (χ0) is 18.4. The third kappa shape index (κ3) is 9.40. The molecule has 0 amide bonds. The van der Waals surface area contributed by atoms with Crippen molar-refractivity contribution in [1.29, 1.82) is 0 Å². The summed E-state index contributed by atoms with van der Waals surface area (Å²) in [6.07, 6.45) is 13.9. The van der Waals surface area contributed by atoms with Crippen LogP contribution in [-0.2, 0) is 14.2 Å². The van der Waals surface area contributed by atoms with E-state index in [0.717, 1.165) is 45.2 Å². The van der Waals surface area contributed by atoms with Gasteiger partial charge in [0.05, 0.1) is 13.2 Å². The molecular weight excluding hydrogens is 312 g/mol. The fourth-order valence-electron chi connectivity index (χ4n) is 3.61. The summed E-state index contributed by atoms with van der Waals surface area (Å²) in [5.41, 5.74) is 0. The van der Waals surface area contributed by atoms with E-state index in [1.165, 1.54) is 57.8 Å². The van der Waals surface area contributed by atoms with Crippen LogP contribution in [0.2, 0.25) is 0 Å². The van der Waals surface area contributed by atoms with Crippen LogP contribution in [0.25, 0.3) is 0 Å². The van der Waals surface area contributed by atoms with E-state index >= 15 is 0 Å². The Bertz CT molecular complexity index is 294. The molecular formula is C22H44O3. The van der Waals surface area contributed by atoms with Gasteiger partial charge >= 0.3 is 0 Å². The maximum atomic E-state index is 6.27. The standard InChI is InChI=1S/C22H44O3/c1-5-8-9-10-11-12-13-21(15-14-20-18-23-19-20)22(4,24-16-6-2)25-17-7-3/h20-21H,5-19H2,1-4H3. The maximum absolute atomic E-state index is 6.27. The van der Waals surface area contributed by atoms with Crippen LogP contribution in [0.1, 0.15) is 98.3 Å². The molecule has 1 saturated heterocycles. The molecule has 0 bridgehead atoms. The van der Waals surface area contributed by atoms with Crippen LogP contribution in [-0.4, -0.2) is 32.2 Å². The summed E-state index contributed by atoms with van der Waals surface area (Å²) in [5.74, 6) is 0.839. The molecule has 0 aromatic rings. The fourth-order valence-corrected chi connectivity index (χ4v) is 3.61. The van der Waals surface area contributed by atoms with Crippen LogP contribution in [0.5, 0.6) is 0 Å². The van der Waals surface area contributed by atoms with Crippen molar-refractivity contribution in [3.05, 3.63) is 0 Å². The second-order valence-corrected chi connectivity index (χ2v) is 7.95. The van der Waals surface area contributed by atoms with Gasteiger partial charge in [-0.1, -0.05) is 59.3 Å². The van der Waals surface area contributed by atoms with E-state index in [1.807, 2.05) is 0 Å². The lowest BCUT2D eigenvalue weighted by molar-refractivity contribution is -0.259. The van der Waals surface area contributed by atoms with E-state index in [4.69, 9.17) is 14.2 Å². The van der Waals surface area contributed by atoms with Gasteiger partial charge in [0.25, 0.3) is 0 Å². The molecule has 1 aliphatic heterocycles. The Hall–Kier alpha value is -0.120. The highest BCUT2D eigenvalue weighted by atomic mass is 16.7. The smallest absolute Gasteiger partial charge is 0.168 e. The summed E-state index contributed by atoms with van der Waals surface area (Å²) < 4.78 is 17.9. The lowest BCUT2D eigenvalue weighted by Gasteiger charge is -2.39. The third-order valence-corrected chi connectivity index (χ3v) is 5.46. The Balaban J connectivity index is 2.53. The van der Waals surface area contributed by atoms with Gasteiger partial charge in [0, 0.05) is 25.0 Å². The highest BCUT2D eigenvalue weighted by Crippen LogP contribution is 2.34. The van der Waals surface area contributed by atoms with Crippen LogP contribution < -0.4 is 0 Å². The largest absolute Gasteiger partial charge is 0.381 e. The van der Waals surface area contributed by atoms with Crippen LogP contribution in [0, 0.1) is 11.8 Å². The van der Waals surface area contributed by atoms with Gasteiger partial charge in [-0.05, 0) is 39.0 Å². The second kappa shape index (κ2) is 14.0. The minimum Gasteiger partial charge on any atom is -0.381 e. The Labute approximate surface area is 157 Å². The van der Waals surface area contributed by atoms with Crippen molar-refractivity contribution < 1.29 is 14.2 Å². The van der Waals surface area contributed by atoms with Crippen molar-refractivity contribution >= 4 is 0 Å². The van der Waals surface area contributed by atoms with Crippen molar-refractivity contribution in [2.75, 3.05) is 26.4 Å². The van der Waals surface area contributed by atoms with E-state index < -0.39 is 5.79 Å². The Morgan fingerprint density at radius 2 is 1.44 bits per heavy atom.